The van der Waals surface area contributed by atoms with Gasteiger partial charge in [0.25, 0.3) is 0 Å². The average Bonchev–Trinajstić information content (AvgIpc) is 2.97. The van der Waals surface area contributed by atoms with E-state index in [1.54, 1.807) is 24.3 Å². The van der Waals surface area contributed by atoms with Gasteiger partial charge in [-0.05, 0) is 56.4 Å². The van der Waals surface area contributed by atoms with E-state index in [0.29, 0.717) is 11.0 Å². The van der Waals surface area contributed by atoms with Crippen LogP contribution in [0.4, 0.5) is 4.79 Å². The van der Waals surface area contributed by atoms with E-state index in [2.05, 4.69) is 5.32 Å². The number of hydrogen-bond acceptors (Lipinski definition) is 5. The van der Waals surface area contributed by atoms with E-state index in [1.807, 2.05) is 58.0 Å². The molecule has 0 aliphatic carbocycles. The molecule has 0 aromatic heterocycles. The predicted octanol–water partition coefficient (Wildman–Crippen LogP) is 4.33. The molecule has 1 aliphatic rings. The molecule has 0 bridgehead atoms. The maximum absolute atomic E-state index is 12.3. The lowest BCUT2D eigenvalue weighted by Crippen LogP contribution is -2.41. The second-order valence-electron chi connectivity index (χ2n) is 8.65. The maximum atomic E-state index is 12.3. The number of hydrogen-bond donors (Lipinski definition) is 2. The van der Waals surface area contributed by atoms with Gasteiger partial charge in [-0.1, -0.05) is 48.5 Å². The average molecular weight is 437 g/mol. The number of carbonyl (C=O) groups is 2. The largest absolute Gasteiger partial charge is 0.492 e. The van der Waals surface area contributed by atoms with Gasteiger partial charge in [0.05, 0.1) is 16.8 Å². The molecule has 1 heterocycles. The molecule has 1 saturated heterocycles. The molecular formula is C24H28BNO6. The number of carbonyl (C=O) groups excluding carboxylic acids is 1. The first-order valence-corrected chi connectivity index (χ1v) is 10.4. The molecule has 32 heavy (non-hydrogen) atoms. The Hall–Kier alpha value is -3.10. The lowest BCUT2D eigenvalue weighted by atomic mass is 9.77. The van der Waals surface area contributed by atoms with Crippen molar-refractivity contribution in [2.24, 2.45) is 0 Å². The number of aromatic carboxylic acids is 1. The van der Waals surface area contributed by atoms with Gasteiger partial charge in [-0.25, -0.2) is 9.59 Å². The molecule has 8 heteroatoms. The molecule has 3 rings (SSSR count). The Bertz CT molecular complexity index is 987. The van der Waals surface area contributed by atoms with Crippen LogP contribution < -0.4 is 5.32 Å². The first kappa shape index (κ1) is 23.6. The van der Waals surface area contributed by atoms with Crippen LogP contribution in [0.5, 0.6) is 0 Å². The van der Waals surface area contributed by atoms with Crippen LogP contribution in [0.25, 0.3) is 6.08 Å². The van der Waals surface area contributed by atoms with Crippen molar-refractivity contribution >= 4 is 25.3 Å². The first-order chi connectivity index (χ1) is 15.1. The number of carboxylic acid groups (broad SMARTS) is 1. The van der Waals surface area contributed by atoms with Crippen molar-refractivity contribution in [3.05, 3.63) is 76.8 Å². The lowest BCUT2D eigenvalue weighted by molar-refractivity contribution is 0.00578. The minimum absolute atomic E-state index is 0.113. The van der Waals surface area contributed by atoms with E-state index >= 15 is 0 Å². The van der Waals surface area contributed by atoms with E-state index in [-0.39, 0.29) is 18.7 Å². The fraction of sp³-hybridized carbons (Fsp3) is 0.333. The highest BCUT2D eigenvalue weighted by Crippen LogP contribution is 2.38. The van der Waals surface area contributed by atoms with Crippen LogP contribution in [0.1, 0.15) is 49.2 Å². The zero-order chi connectivity index (χ0) is 23.4. The van der Waals surface area contributed by atoms with E-state index in [4.69, 9.17) is 14.0 Å². The van der Waals surface area contributed by atoms with Crippen LogP contribution >= 0.6 is 0 Å². The molecule has 7 nitrogen and oxygen atoms in total. The van der Waals surface area contributed by atoms with Crippen LogP contribution in [-0.2, 0) is 20.7 Å². The Morgan fingerprint density at radius 2 is 1.69 bits per heavy atom. The minimum atomic E-state index is -1.01. The Kier molecular flexibility index (Phi) is 7.06. The summed E-state index contributed by atoms with van der Waals surface area (Å²) in [6.07, 6.45) is 1.20. The second kappa shape index (κ2) is 9.59. The highest BCUT2D eigenvalue weighted by Gasteiger charge is 2.52. The molecule has 1 fully saturated rings. The number of nitrogens with one attached hydrogen (secondary N) is 1. The standard InChI is InChI=1S/C24H28BNO6/c1-23(2)24(3,4)32-25(31-23)20(14-18-11-8-12-19(13-18)21(27)28)15-26-22(29)30-16-17-9-6-5-7-10-17/h5-14H,15-16H2,1-4H3,(H,26,29)(H,27,28). The van der Waals surface area contributed by atoms with Crippen molar-refractivity contribution in [1.29, 1.82) is 0 Å². The van der Waals surface area contributed by atoms with Crippen molar-refractivity contribution in [2.45, 2.75) is 45.5 Å². The highest BCUT2D eigenvalue weighted by atomic mass is 16.7. The minimum Gasteiger partial charge on any atom is -0.478 e. The number of amides is 1. The molecule has 2 aromatic rings. The summed E-state index contributed by atoms with van der Waals surface area (Å²) in [5, 5.41) is 12.0. The van der Waals surface area contributed by atoms with E-state index < -0.39 is 30.4 Å². The molecule has 0 unspecified atom stereocenters. The normalized spacial score (nSPS) is 17.1. The zero-order valence-electron chi connectivity index (χ0n) is 18.8. The first-order valence-electron chi connectivity index (χ1n) is 10.4. The van der Waals surface area contributed by atoms with E-state index in [1.165, 1.54) is 6.07 Å². The maximum Gasteiger partial charge on any atom is 0.492 e. The number of rotatable bonds is 7. The van der Waals surface area contributed by atoms with Crippen molar-refractivity contribution in [1.82, 2.24) is 5.32 Å². The lowest BCUT2D eigenvalue weighted by Gasteiger charge is -2.32. The van der Waals surface area contributed by atoms with Gasteiger partial charge in [0.2, 0.25) is 0 Å². The Labute approximate surface area is 188 Å². The molecule has 0 radical (unpaired) electrons. The fourth-order valence-corrected chi connectivity index (χ4v) is 3.12. The summed E-state index contributed by atoms with van der Waals surface area (Å²) in [7, 11) is -0.706. The molecule has 2 aromatic carbocycles. The molecule has 168 valence electrons. The molecule has 0 atom stereocenters. The van der Waals surface area contributed by atoms with Gasteiger partial charge >= 0.3 is 19.2 Å². The third-order valence-electron chi connectivity index (χ3n) is 5.69. The van der Waals surface area contributed by atoms with Crippen LogP contribution in [-0.4, -0.2) is 42.0 Å². The second-order valence-corrected chi connectivity index (χ2v) is 8.65. The number of carboxylic acids is 1. The number of alkyl carbamates (subject to hydrolysis) is 1. The van der Waals surface area contributed by atoms with Gasteiger partial charge in [-0.2, -0.15) is 0 Å². The number of benzene rings is 2. The Balaban J connectivity index is 1.76. The molecule has 1 amide bonds. The van der Waals surface area contributed by atoms with Crippen LogP contribution in [0, 0.1) is 0 Å². The smallest absolute Gasteiger partial charge is 0.478 e. The van der Waals surface area contributed by atoms with Crippen LogP contribution in [0.15, 0.2) is 60.1 Å². The van der Waals surface area contributed by atoms with Gasteiger partial charge in [0.15, 0.2) is 0 Å². The van der Waals surface area contributed by atoms with Crippen molar-refractivity contribution in [3.8, 4) is 0 Å². The van der Waals surface area contributed by atoms with Gasteiger partial charge in [-0.15, -0.1) is 0 Å². The third-order valence-corrected chi connectivity index (χ3v) is 5.69. The summed E-state index contributed by atoms with van der Waals surface area (Å²) >= 11 is 0. The van der Waals surface area contributed by atoms with Crippen molar-refractivity contribution in [2.75, 3.05) is 6.54 Å². The molecule has 2 N–H and O–H groups in total. The predicted molar refractivity (Wildman–Crippen MR) is 122 cm³/mol. The third kappa shape index (κ3) is 5.78. The molecule has 0 spiro atoms. The van der Waals surface area contributed by atoms with Crippen molar-refractivity contribution < 1.29 is 28.7 Å². The van der Waals surface area contributed by atoms with Gasteiger partial charge in [0, 0.05) is 6.54 Å². The summed E-state index contributed by atoms with van der Waals surface area (Å²) in [6, 6.07) is 15.9. The summed E-state index contributed by atoms with van der Waals surface area (Å²) < 4.78 is 17.6. The molecular weight excluding hydrogens is 409 g/mol. The zero-order valence-corrected chi connectivity index (χ0v) is 18.8. The Morgan fingerprint density at radius 3 is 2.31 bits per heavy atom. The summed E-state index contributed by atoms with van der Waals surface area (Å²) in [5.41, 5.74) is 1.23. The molecule has 1 aliphatic heterocycles. The molecule has 0 saturated carbocycles. The monoisotopic (exact) mass is 437 g/mol. The topological polar surface area (TPSA) is 94.1 Å². The van der Waals surface area contributed by atoms with Gasteiger partial charge in [0.1, 0.15) is 6.61 Å². The Morgan fingerprint density at radius 1 is 1.03 bits per heavy atom. The highest BCUT2D eigenvalue weighted by molar-refractivity contribution is 6.56. The summed E-state index contributed by atoms with van der Waals surface area (Å²) in [4.78, 5) is 23.6. The van der Waals surface area contributed by atoms with Crippen molar-refractivity contribution in [3.63, 3.8) is 0 Å². The summed E-state index contributed by atoms with van der Waals surface area (Å²) in [6.45, 7) is 8.04. The van der Waals surface area contributed by atoms with Gasteiger partial charge in [-0.3, -0.25) is 0 Å². The van der Waals surface area contributed by atoms with Gasteiger partial charge < -0.3 is 24.5 Å². The SMILES string of the molecule is CC1(C)OB(C(=Cc2cccc(C(=O)O)c2)CNC(=O)OCc2ccccc2)OC1(C)C. The quantitative estimate of drug-likeness (QED) is 0.627. The van der Waals surface area contributed by atoms with E-state index in [9.17, 15) is 14.7 Å². The fourth-order valence-electron chi connectivity index (χ4n) is 3.12. The van der Waals surface area contributed by atoms with Crippen LogP contribution in [0.3, 0.4) is 0 Å². The summed E-state index contributed by atoms with van der Waals surface area (Å²) in [5.74, 6) is -1.01. The van der Waals surface area contributed by atoms with E-state index in [0.717, 1.165) is 5.56 Å². The number of ether oxygens (including phenoxy) is 1. The van der Waals surface area contributed by atoms with Crippen LogP contribution in [0.2, 0.25) is 0 Å².